The fourth-order valence-corrected chi connectivity index (χ4v) is 2.41. The monoisotopic (exact) mass is 313 g/mol. The van der Waals surface area contributed by atoms with Crippen LogP contribution in [0.4, 0.5) is 4.79 Å². The highest BCUT2D eigenvalue weighted by atomic mass is 16.6. The first kappa shape index (κ1) is 15.4. The van der Waals surface area contributed by atoms with E-state index in [1.165, 1.54) is 0 Å². The third kappa shape index (κ3) is 3.81. The summed E-state index contributed by atoms with van der Waals surface area (Å²) in [7, 11) is 1.65. The number of hydrogen-bond acceptors (Lipinski definition) is 4. The molecule has 1 aliphatic heterocycles. The largest absolute Gasteiger partial charge is 0.497 e. The zero-order valence-corrected chi connectivity index (χ0v) is 13.0. The van der Waals surface area contributed by atoms with Gasteiger partial charge in [0.05, 0.1) is 20.3 Å². The highest BCUT2D eigenvalue weighted by molar-refractivity contribution is 5.71. The van der Waals surface area contributed by atoms with Gasteiger partial charge in [-0.2, -0.15) is 0 Å². The molecule has 23 heavy (non-hydrogen) atoms. The average Bonchev–Trinajstić information content (AvgIpc) is 2.63. The Balaban J connectivity index is 1.65. The molecular formula is C18H19NO4. The molecule has 3 rings (SSSR count). The van der Waals surface area contributed by atoms with Crippen molar-refractivity contribution in [3.8, 4) is 22.6 Å². The van der Waals surface area contributed by atoms with Crippen LogP contribution in [0, 0.1) is 0 Å². The number of morpholine rings is 1. The minimum atomic E-state index is -0.328. The quantitative estimate of drug-likeness (QED) is 0.873. The minimum Gasteiger partial charge on any atom is -0.497 e. The Bertz CT molecular complexity index is 646. The van der Waals surface area contributed by atoms with Gasteiger partial charge >= 0.3 is 6.09 Å². The standard InChI is InChI=1S/C18H19NO4/c1-21-16-6-2-14(3-7-16)15-4-8-17(9-5-15)23-18(20)19-10-12-22-13-11-19/h2-9H,10-13H2,1H3. The Morgan fingerprint density at radius 3 is 1.96 bits per heavy atom. The van der Waals surface area contributed by atoms with Crippen LogP contribution in [0.15, 0.2) is 48.5 Å². The molecule has 0 aliphatic carbocycles. The van der Waals surface area contributed by atoms with Gasteiger partial charge in [0.15, 0.2) is 0 Å². The smallest absolute Gasteiger partial charge is 0.415 e. The fraction of sp³-hybridized carbons (Fsp3) is 0.278. The molecule has 2 aromatic carbocycles. The Morgan fingerprint density at radius 1 is 0.913 bits per heavy atom. The highest BCUT2D eigenvalue weighted by Gasteiger charge is 2.18. The highest BCUT2D eigenvalue weighted by Crippen LogP contribution is 2.24. The molecule has 120 valence electrons. The number of rotatable bonds is 3. The summed E-state index contributed by atoms with van der Waals surface area (Å²) < 4.78 is 15.8. The van der Waals surface area contributed by atoms with Crippen LogP contribution < -0.4 is 9.47 Å². The molecule has 1 aliphatic rings. The first-order valence-corrected chi connectivity index (χ1v) is 7.55. The maximum Gasteiger partial charge on any atom is 0.415 e. The van der Waals surface area contributed by atoms with E-state index in [0.29, 0.717) is 32.1 Å². The van der Waals surface area contributed by atoms with Crippen LogP contribution in [0.1, 0.15) is 0 Å². The van der Waals surface area contributed by atoms with Gasteiger partial charge < -0.3 is 19.1 Å². The fourth-order valence-electron chi connectivity index (χ4n) is 2.41. The molecule has 1 heterocycles. The number of benzene rings is 2. The Labute approximate surface area is 135 Å². The van der Waals surface area contributed by atoms with Crippen molar-refractivity contribution in [2.24, 2.45) is 0 Å². The summed E-state index contributed by atoms with van der Waals surface area (Å²) in [4.78, 5) is 13.7. The van der Waals surface area contributed by atoms with E-state index in [-0.39, 0.29) is 6.09 Å². The molecule has 5 nitrogen and oxygen atoms in total. The SMILES string of the molecule is COc1ccc(-c2ccc(OC(=O)N3CCOCC3)cc2)cc1. The third-order valence-corrected chi connectivity index (χ3v) is 3.75. The van der Waals surface area contributed by atoms with Gasteiger partial charge in [-0.05, 0) is 35.4 Å². The van der Waals surface area contributed by atoms with Gasteiger partial charge in [0.2, 0.25) is 0 Å². The zero-order valence-electron chi connectivity index (χ0n) is 13.0. The second-order valence-electron chi connectivity index (χ2n) is 5.22. The summed E-state index contributed by atoms with van der Waals surface area (Å²) in [5, 5.41) is 0. The molecule has 1 amide bonds. The number of ether oxygens (including phenoxy) is 3. The van der Waals surface area contributed by atoms with E-state index in [9.17, 15) is 4.79 Å². The lowest BCUT2D eigenvalue weighted by molar-refractivity contribution is 0.0416. The first-order valence-electron chi connectivity index (χ1n) is 7.55. The molecule has 0 atom stereocenters. The molecule has 0 radical (unpaired) electrons. The van der Waals surface area contributed by atoms with Crippen LogP contribution in [-0.4, -0.2) is 44.4 Å². The number of hydrogen-bond donors (Lipinski definition) is 0. The molecule has 0 bridgehead atoms. The zero-order chi connectivity index (χ0) is 16.1. The van der Waals surface area contributed by atoms with Crippen molar-refractivity contribution >= 4 is 6.09 Å². The van der Waals surface area contributed by atoms with Gasteiger partial charge in [-0.3, -0.25) is 0 Å². The lowest BCUT2D eigenvalue weighted by atomic mass is 10.1. The molecule has 0 unspecified atom stereocenters. The van der Waals surface area contributed by atoms with E-state index in [1.807, 2.05) is 36.4 Å². The van der Waals surface area contributed by atoms with Crippen LogP contribution in [0.3, 0.4) is 0 Å². The molecule has 0 spiro atoms. The van der Waals surface area contributed by atoms with E-state index in [2.05, 4.69) is 0 Å². The summed E-state index contributed by atoms with van der Waals surface area (Å²) in [5.41, 5.74) is 2.13. The van der Waals surface area contributed by atoms with Crippen molar-refractivity contribution in [3.05, 3.63) is 48.5 Å². The lowest BCUT2D eigenvalue weighted by Crippen LogP contribution is -2.42. The summed E-state index contributed by atoms with van der Waals surface area (Å²) in [6.07, 6.45) is -0.328. The van der Waals surface area contributed by atoms with Crippen LogP contribution >= 0.6 is 0 Å². The van der Waals surface area contributed by atoms with Crippen molar-refractivity contribution in [3.63, 3.8) is 0 Å². The van der Waals surface area contributed by atoms with Crippen molar-refractivity contribution in [1.29, 1.82) is 0 Å². The van der Waals surface area contributed by atoms with Gasteiger partial charge in [-0.25, -0.2) is 4.79 Å². The molecule has 0 aromatic heterocycles. The summed E-state index contributed by atoms with van der Waals surface area (Å²) in [6, 6.07) is 15.3. The van der Waals surface area contributed by atoms with E-state index in [1.54, 1.807) is 24.1 Å². The first-order chi connectivity index (χ1) is 11.3. The molecule has 0 saturated carbocycles. The average molecular weight is 313 g/mol. The maximum atomic E-state index is 12.0. The second kappa shape index (κ2) is 7.15. The van der Waals surface area contributed by atoms with Gasteiger partial charge in [0.25, 0.3) is 0 Å². The summed E-state index contributed by atoms with van der Waals surface area (Å²) in [6.45, 7) is 2.27. The predicted octanol–water partition coefficient (Wildman–Crippen LogP) is 3.19. The van der Waals surface area contributed by atoms with E-state index >= 15 is 0 Å². The van der Waals surface area contributed by atoms with Crippen molar-refractivity contribution in [2.45, 2.75) is 0 Å². The van der Waals surface area contributed by atoms with Gasteiger partial charge in [0.1, 0.15) is 11.5 Å². The van der Waals surface area contributed by atoms with Crippen LogP contribution in [0.5, 0.6) is 11.5 Å². The van der Waals surface area contributed by atoms with E-state index < -0.39 is 0 Å². The summed E-state index contributed by atoms with van der Waals surface area (Å²) >= 11 is 0. The van der Waals surface area contributed by atoms with Gasteiger partial charge in [0, 0.05) is 13.1 Å². The van der Waals surface area contributed by atoms with Crippen molar-refractivity contribution < 1.29 is 19.0 Å². The summed E-state index contributed by atoms with van der Waals surface area (Å²) in [5.74, 6) is 1.36. The number of carbonyl (C=O) groups excluding carboxylic acids is 1. The second-order valence-corrected chi connectivity index (χ2v) is 5.22. The maximum absolute atomic E-state index is 12.0. The van der Waals surface area contributed by atoms with Crippen LogP contribution in [0.25, 0.3) is 11.1 Å². The van der Waals surface area contributed by atoms with Gasteiger partial charge in [-0.15, -0.1) is 0 Å². The predicted molar refractivity (Wildman–Crippen MR) is 86.8 cm³/mol. The van der Waals surface area contributed by atoms with Crippen molar-refractivity contribution in [2.75, 3.05) is 33.4 Å². The molecule has 5 heteroatoms. The van der Waals surface area contributed by atoms with Crippen LogP contribution in [-0.2, 0) is 4.74 Å². The Kier molecular flexibility index (Phi) is 4.78. The third-order valence-electron chi connectivity index (χ3n) is 3.75. The number of methoxy groups -OCH3 is 1. The van der Waals surface area contributed by atoms with Crippen LogP contribution in [0.2, 0.25) is 0 Å². The Morgan fingerprint density at radius 2 is 1.43 bits per heavy atom. The Hall–Kier alpha value is -2.53. The topological polar surface area (TPSA) is 48.0 Å². The van der Waals surface area contributed by atoms with Crippen molar-refractivity contribution in [1.82, 2.24) is 4.90 Å². The lowest BCUT2D eigenvalue weighted by Gasteiger charge is -2.25. The van der Waals surface area contributed by atoms with E-state index in [4.69, 9.17) is 14.2 Å². The molecule has 1 fully saturated rings. The molecular weight excluding hydrogens is 294 g/mol. The molecule has 1 saturated heterocycles. The molecule has 2 aromatic rings. The minimum absolute atomic E-state index is 0.328. The van der Waals surface area contributed by atoms with E-state index in [0.717, 1.165) is 16.9 Å². The normalized spacial score (nSPS) is 14.4. The number of nitrogens with zero attached hydrogens (tertiary/aromatic N) is 1. The molecule has 0 N–H and O–H groups in total. The number of carbonyl (C=O) groups is 1. The number of amides is 1. The van der Waals surface area contributed by atoms with Gasteiger partial charge in [-0.1, -0.05) is 24.3 Å².